The van der Waals surface area contributed by atoms with Gasteiger partial charge in [0.25, 0.3) is 5.56 Å². The van der Waals surface area contributed by atoms with E-state index in [0.717, 1.165) is 16.8 Å². The third kappa shape index (κ3) is 5.74. The predicted octanol–water partition coefficient (Wildman–Crippen LogP) is 4.22. The van der Waals surface area contributed by atoms with E-state index in [-0.39, 0.29) is 11.4 Å². The number of ether oxygens (including phenoxy) is 1. The molecule has 0 aliphatic rings. The molecule has 0 unspecified atom stereocenters. The maximum Gasteiger partial charge on any atom is 0.338 e. The molecule has 0 aliphatic heterocycles. The second kappa shape index (κ2) is 10.8. The van der Waals surface area contributed by atoms with Crippen LogP contribution in [0.2, 0.25) is 0 Å². The molecule has 34 heavy (non-hydrogen) atoms. The SMILES string of the molecule is CCOC(=O)c1ccc(-n2cc(Cc3cncnc3)c(=O)nc2SCc2ccc(F)cc2)cc1. The standard InChI is InChI=1S/C25H21FN4O3S/c1-2-33-24(32)19-5-9-22(10-6-19)30-14-20(11-18-12-27-16-28-13-18)23(31)29-25(30)34-15-17-3-7-21(26)8-4-17/h3-10,12-14,16H,2,11,15H2,1H3. The molecule has 172 valence electrons. The molecule has 0 saturated carbocycles. The molecule has 0 atom stereocenters. The number of thioether (sulfide) groups is 1. The highest BCUT2D eigenvalue weighted by atomic mass is 32.2. The van der Waals surface area contributed by atoms with Crippen LogP contribution in [0.5, 0.6) is 0 Å². The monoisotopic (exact) mass is 476 g/mol. The summed E-state index contributed by atoms with van der Waals surface area (Å²) in [4.78, 5) is 37.2. The van der Waals surface area contributed by atoms with Crippen molar-refractivity contribution in [2.45, 2.75) is 24.3 Å². The summed E-state index contributed by atoms with van der Waals surface area (Å²) in [5.74, 6) is -0.207. The van der Waals surface area contributed by atoms with Gasteiger partial charge in [-0.3, -0.25) is 9.36 Å². The smallest absolute Gasteiger partial charge is 0.338 e. The molecule has 0 aliphatic carbocycles. The Balaban J connectivity index is 1.69. The Kier molecular flexibility index (Phi) is 7.44. The van der Waals surface area contributed by atoms with E-state index in [9.17, 15) is 14.0 Å². The van der Waals surface area contributed by atoms with Crippen molar-refractivity contribution in [2.24, 2.45) is 0 Å². The molecule has 0 radical (unpaired) electrons. The fourth-order valence-electron chi connectivity index (χ4n) is 3.23. The van der Waals surface area contributed by atoms with E-state index in [1.54, 1.807) is 61.9 Å². The molecule has 2 heterocycles. The molecular formula is C25H21FN4O3S. The van der Waals surface area contributed by atoms with E-state index in [1.165, 1.54) is 30.2 Å². The van der Waals surface area contributed by atoms with E-state index >= 15 is 0 Å². The minimum absolute atomic E-state index is 0.293. The van der Waals surface area contributed by atoms with Gasteiger partial charge < -0.3 is 4.74 Å². The van der Waals surface area contributed by atoms with Crippen LogP contribution in [0, 0.1) is 5.82 Å². The largest absolute Gasteiger partial charge is 0.462 e. The molecule has 0 saturated heterocycles. The van der Waals surface area contributed by atoms with Crippen LogP contribution in [0.1, 0.15) is 34.0 Å². The Morgan fingerprint density at radius 1 is 1.03 bits per heavy atom. The number of esters is 1. The van der Waals surface area contributed by atoms with Crippen LogP contribution < -0.4 is 5.56 Å². The first-order valence-electron chi connectivity index (χ1n) is 10.5. The zero-order valence-corrected chi connectivity index (χ0v) is 19.2. The average molecular weight is 477 g/mol. The topological polar surface area (TPSA) is 87.0 Å². The van der Waals surface area contributed by atoms with Gasteiger partial charge in [0.1, 0.15) is 12.1 Å². The van der Waals surface area contributed by atoms with Crippen LogP contribution in [0.4, 0.5) is 4.39 Å². The highest BCUT2D eigenvalue weighted by Crippen LogP contribution is 2.24. The number of benzene rings is 2. The van der Waals surface area contributed by atoms with E-state index in [2.05, 4.69) is 15.0 Å². The summed E-state index contributed by atoms with van der Waals surface area (Å²) in [7, 11) is 0. The van der Waals surface area contributed by atoms with Crippen molar-refractivity contribution in [3.05, 3.63) is 112 Å². The molecule has 4 rings (SSSR count). The molecule has 0 bridgehead atoms. The minimum Gasteiger partial charge on any atom is -0.462 e. The van der Waals surface area contributed by atoms with Crippen LogP contribution in [0.15, 0.2) is 83.4 Å². The number of rotatable bonds is 8. The lowest BCUT2D eigenvalue weighted by Gasteiger charge is -2.14. The number of halogens is 1. The summed E-state index contributed by atoms with van der Waals surface area (Å²) in [6, 6.07) is 13.1. The summed E-state index contributed by atoms with van der Waals surface area (Å²) < 4.78 is 20.1. The zero-order valence-electron chi connectivity index (χ0n) is 18.3. The minimum atomic E-state index is -0.400. The summed E-state index contributed by atoms with van der Waals surface area (Å²) in [6.45, 7) is 2.04. The Labute approximate surface area is 199 Å². The Hall–Kier alpha value is -3.85. The van der Waals surface area contributed by atoms with Crippen molar-refractivity contribution >= 4 is 17.7 Å². The lowest BCUT2D eigenvalue weighted by atomic mass is 10.1. The lowest BCUT2D eigenvalue weighted by molar-refractivity contribution is 0.0526. The van der Waals surface area contributed by atoms with Gasteiger partial charge in [-0.2, -0.15) is 4.98 Å². The van der Waals surface area contributed by atoms with Crippen molar-refractivity contribution in [3.63, 3.8) is 0 Å². The quantitative estimate of drug-likeness (QED) is 0.214. The fraction of sp³-hybridized carbons (Fsp3) is 0.160. The van der Waals surface area contributed by atoms with E-state index < -0.39 is 5.97 Å². The molecule has 4 aromatic rings. The van der Waals surface area contributed by atoms with Crippen molar-refractivity contribution < 1.29 is 13.9 Å². The third-order valence-electron chi connectivity index (χ3n) is 4.91. The van der Waals surface area contributed by atoms with Crippen LogP contribution in [-0.2, 0) is 16.9 Å². The van der Waals surface area contributed by atoms with Crippen LogP contribution in [0.3, 0.4) is 0 Å². The van der Waals surface area contributed by atoms with Crippen molar-refractivity contribution in [1.82, 2.24) is 19.5 Å². The van der Waals surface area contributed by atoms with Crippen LogP contribution in [-0.4, -0.2) is 32.1 Å². The summed E-state index contributed by atoms with van der Waals surface area (Å²) in [6.07, 6.45) is 6.82. The van der Waals surface area contributed by atoms with Crippen molar-refractivity contribution in [2.75, 3.05) is 6.61 Å². The second-order valence-corrected chi connectivity index (χ2v) is 8.27. The predicted molar refractivity (Wildman–Crippen MR) is 127 cm³/mol. The molecule has 0 amide bonds. The first-order chi connectivity index (χ1) is 16.5. The van der Waals surface area contributed by atoms with E-state index in [0.29, 0.717) is 35.1 Å². The van der Waals surface area contributed by atoms with Gasteiger partial charge in [0.2, 0.25) is 0 Å². The molecule has 9 heteroatoms. The summed E-state index contributed by atoms with van der Waals surface area (Å²) in [5, 5.41) is 0.478. The Morgan fingerprint density at radius 2 is 1.74 bits per heavy atom. The maximum absolute atomic E-state index is 13.2. The molecule has 0 fully saturated rings. The Bertz CT molecular complexity index is 1330. The normalized spacial score (nSPS) is 10.8. The fourth-order valence-corrected chi connectivity index (χ4v) is 4.16. The first kappa shape index (κ1) is 23.3. The van der Waals surface area contributed by atoms with Gasteiger partial charge in [-0.1, -0.05) is 23.9 Å². The molecule has 2 aromatic carbocycles. The highest BCUT2D eigenvalue weighted by Gasteiger charge is 2.13. The van der Waals surface area contributed by atoms with Gasteiger partial charge in [0, 0.05) is 42.0 Å². The molecule has 7 nitrogen and oxygen atoms in total. The summed E-state index contributed by atoms with van der Waals surface area (Å²) >= 11 is 1.36. The number of carbonyl (C=O) groups excluding carboxylic acids is 1. The number of hydrogen-bond donors (Lipinski definition) is 0. The zero-order chi connectivity index (χ0) is 23.9. The van der Waals surface area contributed by atoms with Gasteiger partial charge in [-0.05, 0) is 54.4 Å². The van der Waals surface area contributed by atoms with Gasteiger partial charge in [0.05, 0.1) is 12.2 Å². The van der Waals surface area contributed by atoms with Gasteiger partial charge in [-0.15, -0.1) is 0 Å². The van der Waals surface area contributed by atoms with Gasteiger partial charge in [-0.25, -0.2) is 19.2 Å². The first-order valence-corrected chi connectivity index (χ1v) is 11.5. The molecule has 0 spiro atoms. The molecule has 0 N–H and O–H groups in total. The van der Waals surface area contributed by atoms with Crippen molar-refractivity contribution in [1.29, 1.82) is 0 Å². The van der Waals surface area contributed by atoms with E-state index in [1.807, 2.05) is 4.57 Å². The average Bonchev–Trinajstić information content (AvgIpc) is 2.86. The van der Waals surface area contributed by atoms with Gasteiger partial charge in [0.15, 0.2) is 5.16 Å². The van der Waals surface area contributed by atoms with Crippen molar-refractivity contribution in [3.8, 4) is 5.69 Å². The summed E-state index contributed by atoms with van der Waals surface area (Å²) in [5.41, 5.74) is 2.99. The lowest BCUT2D eigenvalue weighted by Crippen LogP contribution is -2.19. The third-order valence-corrected chi connectivity index (χ3v) is 5.93. The molecule has 2 aromatic heterocycles. The number of nitrogens with zero attached hydrogens (tertiary/aromatic N) is 4. The number of carbonyl (C=O) groups is 1. The van der Waals surface area contributed by atoms with Crippen LogP contribution in [0.25, 0.3) is 5.69 Å². The number of aromatic nitrogens is 4. The van der Waals surface area contributed by atoms with Crippen LogP contribution >= 0.6 is 11.8 Å². The second-order valence-electron chi connectivity index (χ2n) is 7.33. The Morgan fingerprint density at radius 3 is 2.41 bits per heavy atom. The van der Waals surface area contributed by atoms with Gasteiger partial charge >= 0.3 is 5.97 Å². The van der Waals surface area contributed by atoms with E-state index in [4.69, 9.17) is 4.74 Å². The number of hydrogen-bond acceptors (Lipinski definition) is 7. The maximum atomic E-state index is 13.2. The highest BCUT2D eigenvalue weighted by molar-refractivity contribution is 7.98. The molecular weight excluding hydrogens is 455 g/mol.